The monoisotopic (exact) mass is 174 g/mol. The van der Waals surface area contributed by atoms with Gasteiger partial charge in [0.15, 0.2) is 0 Å². The van der Waals surface area contributed by atoms with Gasteiger partial charge in [-0.2, -0.15) is 0 Å². The van der Waals surface area contributed by atoms with Crippen LogP contribution in [-0.4, -0.2) is 18.0 Å². The molecule has 0 bridgehead atoms. The molecule has 0 aliphatic rings. The molecular weight excluding hydrogens is 156 g/mol. The van der Waals surface area contributed by atoms with Gasteiger partial charge >= 0.3 is 0 Å². The van der Waals surface area contributed by atoms with Crippen molar-refractivity contribution in [1.82, 2.24) is 0 Å². The number of hydrogen-bond donors (Lipinski definition) is 0. The molecule has 0 saturated heterocycles. The van der Waals surface area contributed by atoms with E-state index in [2.05, 4.69) is 32.3 Å². The Bertz CT molecular complexity index is 124. The van der Waals surface area contributed by atoms with Gasteiger partial charge in [0.25, 0.3) is 0 Å². The van der Waals surface area contributed by atoms with Crippen molar-refractivity contribution in [3.63, 3.8) is 0 Å². The molecule has 0 saturated carbocycles. The lowest BCUT2D eigenvalue weighted by atomic mass is 10.3. The highest BCUT2D eigenvalue weighted by Gasteiger charge is 2.07. The summed E-state index contributed by atoms with van der Waals surface area (Å²) >= 11 is 1.82. The molecule has 0 aromatic heterocycles. The summed E-state index contributed by atoms with van der Waals surface area (Å²) in [6.45, 7) is 8.61. The van der Waals surface area contributed by atoms with Gasteiger partial charge in [0.05, 0.1) is 6.10 Å². The summed E-state index contributed by atoms with van der Waals surface area (Å²) in [5, 5.41) is 2.11. The average Bonchev–Trinajstić information content (AvgIpc) is 1.85. The summed E-state index contributed by atoms with van der Waals surface area (Å²) in [5.74, 6) is 0. The summed E-state index contributed by atoms with van der Waals surface area (Å²) in [6, 6.07) is 0. The molecule has 1 atom stereocenters. The standard InChI is InChI=1S/C9H18OS/c1-8(10-5)6-7-11-9(2,3)4/h6-8H,1-5H3/b7-6+. The minimum absolute atomic E-state index is 0.227. The van der Waals surface area contributed by atoms with Crippen LogP contribution in [0.5, 0.6) is 0 Å². The van der Waals surface area contributed by atoms with Crippen molar-refractivity contribution >= 4 is 11.8 Å². The molecule has 0 radical (unpaired) electrons. The van der Waals surface area contributed by atoms with Crippen LogP contribution in [0.2, 0.25) is 0 Å². The summed E-state index contributed by atoms with van der Waals surface area (Å²) in [6.07, 6.45) is 2.29. The lowest BCUT2D eigenvalue weighted by Gasteiger charge is -2.14. The van der Waals surface area contributed by atoms with Crippen LogP contribution in [0.4, 0.5) is 0 Å². The smallest absolute Gasteiger partial charge is 0.0731 e. The predicted molar refractivity (Wildman–Crippen MR) is 53.0 cm³/mol. The highest BCUT2D eigenvalue weighted by Crippen LogP contribution is 2.24. The molecule has 0 aromatic carbocycles. The van der Waals surface area contributed by atoms with Gasteiger partial charge in [0.1, 0.15) is 0 Å². The normalized spacial score (nSPS) is 15.7. The van der Waals surface area contributed by atoms with Crippen molar-refractivity contribution in [1.29, 1.82) is 0 Å². The summed E-state index contributed by atoms with van der Waals surface area (Å²) in [4.78, 5) is 0. The van der Waals surface area contributed by atoms with Crippen LogP contribution in [0.1, 0.15) is 27.7 Å². The second-order valence-corrected chi connectivity index (χ2v) is 5.23. The van der Waals surface area contributed by atoms with Crippen LogP contribution >= 0.6 is 11.8 Å². The molecule has 0 heterocycles. The van der Waals surface area contributed by atoms with Gasteiger partial charge in [-0.05, 0) is 18.4 Å². The lowest BCUT2D eigenvalue weighted by Crippen LogP contribution is -2.05. The highest BCUT2D eigenvalue weighted by atomic mass is 32.2. The Hall–Kier alpha value is 0.0500. The van der Waals surface area contributed by atoms with Crippen molar-refractivity contribution in [3.05, 3.63) is 11.5 Å². The number of methoxy groups -OCH3 is 1. The highest BCUT2D eigenvalue weighted by molar-refractivity contribution is 8.03. The van der Waals surface area contributed by atoms with Gasteiger partial charge < -0.3 is 4.74 Å². The molecule has 0 rings (SSSR count). The van der Waals surface area contributed by atoms with Gasteiger partial charge in [-0.3, -0.25) is 0 Å². The molecule has 0 amide bonds. The summed E-state index contributed by atoms with van der Waals surface area (Å²) in [7, 11) is 1.72. The van der Waals surface area contributed by atoms with E-state index in [9.17, 15) is 0 Å². The zero-order valence-corrected chi connectivity index (χ0v) is 8.87. The van der Waals surface area contributed by atoms with Gasteiger partial charge in [-0.15, -0.1) is 11.8 Å². The zero-order valence-electron chi connectivity index (χ0n) is 8.05. The predicted octanol–water partition coefficient (Wildman–Crippen LogP) is 3.07. The second-order valence-electron chi connectivity index (χ2n) is 3.50. The van der Waals surface area contributed by atoms with E-state index in [1.54, 1.807) is 7.11 Å². The maximum absolute atomic E-state index is 5.06. The molecule has 66 valence electrons. The van der Waals surface area contributed by atoms with E-state index in [-0.39, 0.29) is 6.10 Å². The van der Waals surface area contributed by atoms with Crippen LogP contribution in [0.25, 0.3) is 0 Å². The molecule has 0 aromatic rings. The minimum Gasteiger partial charge on any atom is -0.378 e. The maximum Gasteiger partial charge on any atom is 0.0731 e. The van der Waals surface area contributed by atoms with Crippen molar-refractivity contribution in [2.45, 2.75) is 38.5 Å². The van der Waals surface area contributed by atoms with Gasteiger partial charge in [0, 0.05) is 11.9 Å². The molecular formula is C9H18OS. The largest absolute Gasteiger partial charge is 0.378 e. The van der Waals surface area contributed by atoms with E-state index in [0.717, 1.165) is 0 Å². The van der Waals surface area contributed by atoms with E-state index in [0.29, 0.717) is 4.75 Å². The van der Waals surface area contributed by atoms with Crippen LogP contribution in [0.15, 0.2) is 11.5 Å². The Morgan fingerprint density at radius 3 is 2.27 bits per heavy atom. The summed E-state index contributed by atoms with van der Waals surface area (Å²) in [5.41, 5.74) is 0. The van der Waals surface area contributed by atoms with E-state index < -0.39 is 0 Å². The van der Waals surface area contributed by atoms with E-state index in [4.69, 9.17) is 4.74 Å². The molecule has 2 heteroatoms. The first-order chi connectivity index (χ1) is 4.95. The number of rotatable bonds is 3. The molecule has 1 unspecified atom stereocenters. The molecule has 0 N–H and O–H groups in total. The van der Waals surface area contributed by atoms with Crippen molar-refractivity contribution in [3.8, 4) is 0 Å². The first kappa shape index (κ1) is 11.1. The van der Waals surface area contributed by atoms with Gasteiger partial charge in [-0.25, -0.2) is 0 Å². The second kappa shape index (κ2) is 4.83. The van der Waals surface area contributed by atoms with Gasteiger partial charge in [-0.1, -0.05) is 20.8 Å². The van der Waals surface area contributed by atoms with E-state index in [1.165, 1.54) is 0 Å². The zero-order chi connectivity index (χ0) is 8.91. The molecule has 0 aliphatic heterocycles. The van der Waals surface area contributed by atoms with Crippen molar-refractivity contribution in [2.24, 2.45) is 0 Å². The molecule has 0 fully saturated rings. The molecule has 11 heavy (non-hydrogen) atoms. The maximum atomic E-state index is 5.06. The van der Waals surface area contributed by atoms with Crippen LogP contribution < -0.4 is 0 Å². The first-order valence-electron chi connectivity index (χ1n) is 3.83. The lowest BCUT2D eigenvalue weighted by molar-refractivity contribution is 0.156. The summed E-state index contributed by atoms with van der Waals surface area (Å²) < 4.78 is 5.37. The molecule has 1 nitrogen and oxygen atoms in total. The first-order valence-corrected chi connectivity index (χ1v) is 4.71. The SMILES string of the molecule is COC(C)/C=C/SC(C)(C)C. The molecule has 0 spiro atoms. The van der Waals surface area contributed by atoms with Gasteiger partial charge in [0.2, 0.25) is 0 Å². The third kappa shape index (κ3) is 7.95. The Morgan fingerprint density at radius 2 is 1.91 bits per heavy atom. The van der Waals surface area contributed by atoms with Crippen LogP contribution in [0, 0.1) is 0 Å². The number of ether oxygens (including phenoxy) is 1. The van der Waals surface area contributed by atoms with E-state index >= 15 is 0 Å². The Balaban J connectivity index is 3.60. The topological polar surface area (TPSA) is 9.23 Å². The third-order valence-corrected chi connectivity index (χ3v) is 2.14. The fourth-order valence-corrected chi connectivity index (χ4v) is 1.14. The van der Waals surface area contributed by atoms with Crippen LogP contribution in [0.3, 0.4) is 0 Å². The average molecular weight is 174 g/mol. The number of thioether (sulfide) groups is 1. The van der Waals surface area contributed by atoms with Crippen molar-refractivity contribution < 1.29 is 4.74 Å². The Labute approximate surface area is 74.2 Å². The fourth-order valence-electron chi connectivity index (χ4n) is 0.433. The fraction of sp³-hybridized carbons (Fsp3) is 0.778. The Morgan fingerprint density at radius 1 is 1.36 bits per heavy atom. The Kier molecular flexibility index (Phi) is 4.86. The van der Waals surface area contributed by atoms with E-state index in [1.807, 2.05) is 18.7 Å². The number of hydrogen-bond acceptors (Lipinski definition) is 2. The van der Waals surface area contributed by atoms with Crippen molar-refractivity contribution in [2.75, 3.05) is 7.11 Å². The minimum atomic E-state index is 0.227. The third-order valence-electron chi connectivity index (χ3n) is 1.14. The van der Waals surface area contributed by atoms with Crippen LogP contribution in [-0.2, 0) is 4.74 Å². The molecule has 0 aliphatic carbocycles. The quantitative estimate of drug-likeness (QED) is 0.650.